The zero-order valence-corrected chi connectivity index (χ0v) is 18.1. The summed E-state index contributed by atoms with van der Waals surface area (Å²) in [6, 6.07) is 11.3. The van der Waals surface area contributed by atoms with Gasteiger partial charge in [-0.15, -0.1) is 0 Å². The molecule has 0 radical (unpaired) electrons. The number of nitrogens with zero attached hydrogens (tertiary/aromatic N) is 1. The summed E-state index contributed by atoms with van der Waals surface area (Å²) in [4.78, 5) is 27.7. The Labute approximate surface area is 186 Å². The molecule has 0 bridgehead atoms. The van der Waals surface area contributed by atoms with Crippen molar-refractivity contribution in [3.63, 3.8) is 0 Å². The molecule has 1 unspecified atom stereocenters. The van der Waals surface area contributed by atoms with Crippen LogP contribution in [0, 0.1) is 5.92 Å². The maximum Gasteiger partial charge on any atom is 0.273 e. The number of hydrogen-bond donors (Lipinski definition) is 4. The van der Waals surface area contributed by atoms with Crippen molar-refractivity contribution in [2.24, 2.45) is 5.92 Å². The first-order chi connectivity index (χ1) is 15.3. The van der Waals surface area contributed by atoms with Crippen LogP contribution < -0.4 is 15.8 Å². The lowest BCUT2D eigenvalue weighted by Gasteiger charge is -2.26. The zero-order valence-electron chi connectivity index (χ0n) is 18.1. The molecule has 2 amide bonds. The predicted molar refractivity (Wildman–Crippen MR) is 123 cm³/mol. The minimum Gasteiger partial charge on any atom is -0.508 e. The maximum absolute atomic E-state index is 13.5. The zero-order chi connectivity index (χ0) is 23.0. The number of phenolic OH excluding ortho intramolecular Hbond substituents is 2. The summed E-state index contributed by atoms with van der Waals surface area (Å²) in [5.74, 6) is -0.909. The third kappa shape index (κ3) is 3.85. The van der Waals surface area contributed by atoms with E-state index < -0.39 is 5.91 Å². The third-order valence-corrected chi connectivity index (χ3v) is 5.56. The summed E-state index contributed by atoms with van der Waals surface area (Å²) in [7, 11) is 0. The average molecular weight is 431 g/mol. The first-order valence-corrected chi connectivity index (χ1v) is 10.4. The lowest BCUT2D eigenvalue weighted by atomic mass is 9.95. The standard InChI is InChI=1S/C25H25N3O4/c1-14-10-15(2)12-17(11-14)28-21-7-5-4-6-19(21)23(25(28)32)16(3)26-27-24(31)20-9-8-18(29)13-22(20)30/h4-11,13,15,26,29-30H,12H2,1-3H3,(H,27,31)/b23-16-. The molecule has 2 aromatic carbocycles. The molecule has 2 aliphatic rings. The first-order valence-electron chi connectivity index (χ1n) is 10.4. The van der Waals surface area contributed by atoms with Crippen LogP contribution in [0.5, 0.6) is 11.5 Å². The van der Waals surface area contributed by atoms with Crippen LogP contribution in [0.3, 0.4) is 0 Å². The predicted octanol–water partition coefficient (Wildman–Crippen LogP) is 3.98. The molecular weight excluding hydrogens is 406 g/mol. The van der Waals surface area contributed by atoms with Gasteiger partial charge >= 0.3 is 0 Å². The van der Waals surface area contributed by atoms with Gasteiger partial charge in [0, 0.05) is 23.0 Å². The van der Waals surface area contributed by atoms with Crippen molar-refractivity contribution in [1.29, 1.82) is 0 Å². The van der Waals surface area contributed by atoms with E-state index in [1.807, 2.05) is 37.3 Å². The van der Waals surface area contributed by atoms with Crippen LogP contribution >= 0.6 is 0 Å². The lowest BCUT2D eigenvalue weighted by Crippen LogP contribution is -2.37. The van der Waals surface area contributed by atoms with E-state index in [1.54, 1.807) is 11.8 Å². The normalized spacial score (nSPS) is 19.2. The first kappa shape index (κ1) is 21.2. The fourth-order valence-corrected chi connectivity index (χ4v) is 4.22. The van der Waals surface area contributed by atoms with Gasteiger partial charge in [0.1, 0.15) is 11.5 Å². The monoisotopic (exact) mass is 431 g/mol. The minimum atomic E-state index is -0.595. The number of phenols is 2. The topological polar surface area (TPSA) is 102 Å². The number of carbonyl (C=O) groups excluding carboxylic acids is 2. The van der Waals surface area contributed by atoms with Crippen LogP contribution in [-0.2, 0) is 4.79 Å². The fourth-order valence-electron chi connectivity index (χ4n) is 4.22. The van der Waals surface area contributed by atoms with E-state index in [1.165, 1.54) is 12.1 Å². The quantitative estimate of drug-likeness (QED) is 0.433. The molecule has 4 rings (SSSR count). The van der Waals surface area contributed by atoms with Crippen molar-refractivity contribution in [3.8, 4) is 11.5 Å². The van der Waals surface area contributed by atoms with Gasteiger partial charge in [-0.1, -0.05) is 36.8 Å². The Bertz CT molecular complexity index is 1210. The Morgan fingerprint density at radius 1 is 1.12 bits per heavy atom. The van der Waals surface area contributed by atoms with Gasteiger partial charge in [-0.3, -0.25) is 19.9 Å². The van der Waals surface area contributed by atoms with Gasteiger partial charge < -0.3 is 15.6 Å². The van der Waals surface area contributed by atoms with Crippen molar-refractivity contribution < 1.29 is 19.8 Å². The summed E-state index contributed by atoms with van der Waals surface area (Å²) in [5, 5.41) is 19.3. The highest BCUT2D eigenvalue weighted by Crippen LogP contribution is 2.42. The lowest BCUT2D eigenvalue weighted by molar-refractivity contribution is -0.112. The van der Waals surface area contributed by atoms with Crippen LogP contribution in [0.25, 0.3) is 5.57 Å². The Morgan fingerprint density at radius 3 is 2.59 bits per heavy atom. The third-order valence-electron chi connectivity index (χ3n) is 5.56. The van der Waals surface area contributed by atoms with E-state index in [9.17, 15) is 19.8 Å². The SMILES string of the molecule is CC1=CC(C)CC(N2C(=O)/C(=C(/C)NNC(=O)c3ccc(O)cc3O)c3ccccc32)=C1. The Hall–Kier alpha value is -4.00. The number of carbonyl (C=O) groups is 2. The largest absolute Gasteiger partial charge is 0.508 e. The number of anilines is 1. The van der Waals surface area contributed by atoms with Crippen molar-refractivity contribution in [2.45, 2.75) is 27.2 Å². The van der Waals surface area contributed by atoms with Gasteiger partial charge in [0.05, 0.1) is 16.8 Å². The number of nitrogens with one attached hydrogen (secondary N) is 2. The molecule has 1 atom stereocenters. The number of para-hydroxylation sites is 1. The second kappa shape index (κ2) is 8.26. The molecule has 0 saturated heterocycles. The summed E-state index contributed by atoms with van der Waals surface area (Å²) >= 11 is 0. The smallest absolute Gasteiger partial charge is 0.273 e. The van der Waals surface area contributed by atoms with E-state index in [-0.39, 0.29) is 23.0 Å². The molecule has 2 aromatic rings. The second-order valence-corrected chi connectivity index (χ2v) is 8.17. The van der Waals surface area contributed by atoms with E-state index in [0.29, 0.717) is 17.2 Å². The van der Waals surface area contributed by atoms with Crippen molar-refractivity contribution in [2.75, 3.05) is 4.90 Å². The number of rotatable bonds is 4. The molecular formula is C25H25N3O4. The Morgan fingerprint density at radius 2 is 1.88 bits per heavy atom. The van der Waals surface area contributed by atoms with E-state index in [0.717, 1.165) is 35.0 Å². The van der Waals surface area contributed by atoms with Gasteiger partial charge in [-0.05, 0) is 50.5 Å². The molecule has 164 valence electrons. The van der Waals surface area contributed by atoms with Crippen LogP contribution in [-0.4, -0.2) is 22.0 Å². The van der Waals surface area contributed by atoms with Crippen molar-refractivity contribution in [3.05, 3.63) is 82.7 Å². The second-order valence-electron chi connectivity index (χ2n) is 8.17. The van der Waals surface area contributed by atoms with E-state index >= 15 is 0 Å². The average Bonchev–Trinajstić information content (AvgIpc) is 3.03. The van der Waals surface area contributed by atoms with Gasteiger partial charge in [0.25, 0.3) is 11.8 Å². The number of hydrogen-bond acceptors (Lipinski definition) is 5. The van der Waals surface area contributed by atoms with Crippen LogP contribution in [0.4, 0.5) is 5.69 Å². The molecule has 0 spiro atoms. The maximum atomic E-state index is 13.5. The molecule has 4 N–H and O–H groups in total. The molecule has 7 heteroatoms. The van der Waals surface area contributed by atoms with Crippen molar-refractivity contribution in [1.82, 2.24) is 10.9 Å². The van der Waals surface area contributed by atoms with Gasteiger partial charge in [0.2, 0.25) is 0 Å². The van der Waals surface area contributed by atoms with Crippen LogP contribution in [0.2, 0.25) is 0 Å². The molecule has 1 heterocycles. The highest BCUT2D eigenvalue weighted by Gasteiger charge is 2.36. The summed E-state index contributed by atoms with van der Waals surface area (Å²) < 4.78 is 0. The van der Waals surface area contributed by atoms with Gasteiger partial charge in [-0.25, -0.2) is 0 Å². The highest BCUT2D eigenvalue weighted by molar-refractivity contribution is 6.34. The number of fused-ring (bicyclic) bond motifs is 1. The summed E-state index contributed by atoms with van der Waals surface area (Å²) in [6.07, 6.45) is 4.98. The van der Waals surface area contributed by atoms with E-state index in [2.05, 4.69) is 23.9 Å². The summed E-state index contributed by atoms with van der Waals surface area (Å²) in [5.41, 5.74) is 9.92. The number of aromatic hydroxyl groups is 2. The molecule has 0 fully saturated rings. The Kier molecular flexibility index (Phi) is 5.48. The number of benzene rings is 2. The Balaban J connectivity index is 1.63. The van der Waals surface area contributed by atoms with Gasteiger partial charge in [-0.2, -0.15) is 0 Å². The number of amides is 2. The van der Waals surface area contributed by atoms with Crippen LogP contribution in [0.1, 0.15) is 43.1 Å². The van der Waals surface area contributed by atoms with Gasteiger partial charge in [0.15, 0.2) is 0 Å². The van der Waals surface area contributed by atoms with E-state index in [4.69, 9.17) is 0 Å². The molecule has 0 aromatic heterocycles. The number of allylic oxidation sites excluding steroid dienone is 5. The van der Waals surface area contributed by atoms with Crippen LogP contribution in [0.15, 0.2) is 71.6 Å². The molecule has 7 nitrogen and oxygen atoms in total. The minimum absolute atomic E-state index is 0.00325. The summed E-state index contributed by atoms with van der Waals surface area (Å²) in [6.45, 7) is 5.87. The van der Waals surface area contributed by atoms with Crippen molar-refractivity contribution >= 4 is 23.1 Å². The fraction of sp³-hybridized carbons (Fsp3) is 0.200. The molecule has 1 aliphatic heterocycles. The molecule has 1 aliphatic carbocycles. The molecule has 32 heavy (non-hydrogen) atoms. The number of hydrazine groups is 1. The molecule has 0 saturated carbocycles. The highest BCUT2D eigenvalue weighted by atomic mass is 16.3.